The number of fused-ring (bicyclic) bond motifs is 1. The molecule has 3 N–H and O–H groups in total. The van der Waals surface area contributed by atoms with Crippen molar-refractivity contribution in [3.8, 4) is 11.1 Å². The summed E-state index contributed by atoms with van der Waals surface area (Å²) >= 11 is 0. The van der Waals surface area contributed by atoms with Crippen molar-refractivity contribution in [1.82, 2.24) is 5.32 Å². The van der Waals surface area contributed by atoms with Crippen molar-refractivity contribution in [1.29, 1.82) is 0 Å². The van der Waals surface area contributed by atoms with E-state index in [1.54, 1.807) is 13.0 Å². The molecule has 5 nitrogen and oxygen atoms in total. The second kappa shape index (κ2) is 8.93. The molecular weight excluding hydrogens is 376 g/mol. The minimum Gasteiger partial charge on any atom is -0.480 e. The Morgan fingerprint density at radius 1 is 1.18 bits per heavy atom. The first-order chi connectivity index (χ1) is 12.8. The number of carboxylic acids is 1. The van der Waals surface area contributed by atoms with Crippen LogP contribution in [-0.2, 0) is 16.0 Å². The molecule has 0 spiro atoms. The molecule has 1 heterocycles. The third-order valence-electron chi connectivity index (χ3n) is 4.87. The summed E-state index contributed by atoms with van der Waals surface area (Å²) in [7, 11) is 0. The molecule has 1 aliphatic heterocycles. The van der Waals surface area contributed by atoms with E-state index in [0.717, 1.165) is 29.7 Å². The molecule has 2 aromatic rings. The molecule has 0 aliphatic carbocycles. The predicted octanol–water partition coefficient (Wildman–Crippen LogP) is 3.96. The van der Waals surface area contributed by atoms with Gasteiger partial charge in [0.25, 0.3) is 0 Å². The van der Waals surface area contributed by atoms with E-state index in [1.807, 2.05) is 6.92 Å². The summed E-state index contributed by atoms with van der Waals surface area (Å²) in [5, 5.41) is 14.4. The number of nitrogens with one attached hydrogen (secondary N) is 2. The van der Waals surface area contributed by atoms with Crippen molar-refractivity contribution < 1.29 is 14.7 Å². The molecule has 148 valence electrons. The predicted molar refractivity (Wildman–Crippen MR) is 115 cm³/mol. The Bertz CT molecular complexity index is 951. The number of benzene rings is 2. The standard InChI is InChI=1S/C22H24N2O3.ClH/c1-13-10-19(16-4-5-20-17(11-16)6-7-23-20)14(2)8-18(13)9-15(3)22(27)24-12-21(25)26;/h4-5,8-11,23H,6-7,12H2,1-3H3,(H,24,27)(H,25,26);1H/b15-9+;. The minimum atomic E-state index is -1.06. The van der Waals surface area contributed by atoms with Gasteiger partial charge in [-0.15, -0.1) is 12.4 Å². The molecule has 2 aromatic carbocycles. The lowest BCUT2D eigenvalue weighted by molar-refractivity contribution is -0.137. The van der Waals surface area contributed by atoms with Gasteiger partial charge in [0.05, 0.1) is 0 Å². The molecule has 0 atom stereocenters. The van der Waals surface area contributed by atoms with E-state index in [9.17, 15) is 9.59 Å². The van der Waals surface area contributed by atoms with Crippen LogP contribution in [0.3, 0.4) is 0 Å². The number of carbonyl (C=O) groups is 2. The van der Waals surface area contributed by atoms with E-state index < -0.39 is 5.97 Å². The van der Waals surface area contributed by atoms with E-state index in [1.165, 1.54) is 22.4 Å². The third-order valence-corrected chi connectivity index (χ3v) is 4.87. The van der Waals surface area contributed by atoms with Gasteiger partial charge >= 0.3 is 5.97 Å². The number of carbonyl (C=O) groups excluding carboxylic acids is 1. The van der Waals surface area contributed by atoms with Gasteiger partial charge in [-0.05, 0) is 78.8 Å². The molecule has 28 heavy (non-hydrogen) atoms. The van der Waals surface area contributed by atoms with Gasteiger partial charge in [0.15, 0.2) is 0 Å². The maximum atomic E-state index is 12.0. The normalized spacial score (nSPS) is 12.6. The van der Waals surface area contributed by atoms with Crippen LogP contribution in [0.25, 0.3) is 17.2 Å². The maximum Gasteiger partial charge on any atom is 0.322 e. The molecule has 0 saturated heterocycles. The summed E-state index contributed by atoms with van der Waals surface area (Å²) < 4.78 is 0. The molecule has 0 unspecified atom stereocenters. The molecule has 0 fully saturated rings. The molecule has 0 radical (unpaired) electrons. The Kier molecular flexibility index (Phi) is 6.86. The summed E-state index contributed by atoms with van der Waals surface area (Å²) in [5.41, 5.74) is 8.60. The second-order valence-electron chi connectivity index (χ2n) is 6.98. The van der Waals surface area contributed by atoms with Crippen LogP contribution in [-0.4, -0.2) is 30.1 Å². The first kappa shape index (κ1) is 21.5. The van der Waals surface area contributed by atoms with E-state index in [-0.39, 0.29) is 24.9 Å². The highest BCUT2D eigenvalue weighted by Crippen LogP contribution is 2.32. The zero-order chi connectivity index (χ0) is 19.6. The Morgan fingerprint density at radius 2 is 1.93 bits per heavy atom. The van der Waals surface area contributed by atoms with Crippen molar-refractivity contribution in [2.24, 2.45) is 0 Å². The number of amides is 1. The van der Waals surface area contributed by atoms with Crippen molar-refractivity contribution in [3.05, 3.63) is 58.2 Å². The smallest absolute Gasteiger partial charge is 0.322 e. The number of anilines is 1. The summed E-state index contributed by atoms with van der Waals surface area (Å²) in [5.74, 6) is -1.43. The summed E-state index contributed by atoms with van der Waals surface area (Å²) in [6.45, 7) is 6.38. The largest absolute Gasteiger partial charge is 0.480 e. The maximum absolute atomic E-state index is 12.0. The van der Waals surface area contributed by atoms with Crippen LogP contribution >= 0.6 is 12.4 Å². The molecule has 0 aromatic heterocycles. The van der Waals surface area contributed by atoms with Crippen molar-refractivity contribution >= 4 is 36.0 Å². The van der Waals surface area contributed by atoms with Crippen LogP contribution < -0.4 is 10.6 Å². The number of carboxylic acid groups (broad SMARTS) is 1. The zero-order valence-corrected chi connectivity index (χ0v) is 17.1. The molecule has 6 heteroatoms. The minimum absolute atomic E-state index is 0. The topological polar surface area (TPSA) is 78.4 Å². The highest BCUT2D eigenvalue weighted by molar-refractivity contribution is 5.98. The van der Waals surface area contributed by atoms with Crippen molar-refractivity contribution in [2.45, 2.75) is 27.2 Å². The van der Waals surface area contributed by atoms with Crippen molar-refractivity contribution in [3.63, 3.8) is 0 Å². The molecule has 1 amide bonds. The highest BCUT2D eigenvalue weighted by atomic mass is 35.5. The van der Waals surface area contributed by atoms with Crippen LogP contribution in [0.1, 0.15) is 29.2 Å². The van der Waals surface area contributed by atoms with Crippen LogP contribution in [0.5, 0.6) is 0 Å². The average molecular weight is 401 g/mol. The highest BCUT2D eigenvalue weighted by Gasteiger charge is 2.13. The number of aliphatic carboxylic acids is 1. The van der Waals surface area contributed by atoms with Crippen LogP contribution in [0.4, 0.5) is 5.69 Å². The fraction of sp³-hybridized carbons (Fsp3) is 0.273. The fourth-order valence-corrected chi connectivity index (χ4v) is 3.37. The lowest BCUT2D eigenvalue weighted by Crippen LogP contribution is -2.29. The lowest BCUT2D eigenvalue weighted by Gasteiger charge is -2.12. The van der Waals surface area contributed by atoms with Crippen LogP contribution in [0.2, 0.25) is 0 Å². The summed E-state index contributed by atoms with van der Waals surface area (Å²) in [4.78, 5) is 22.6. The van der Waals surface area contributed by atoms with Crippen LogP contribution in [0, 0.1) is 13.8 Å². The van der Waals surface area contributed by atoms with Gasteiger partial charge < -0.3 is 15.7 Å². The third kappa shape index (κ3) is 4.73. The van der Waals surface area contributed by atoms with E-state index in [4.69, 9.17) is 5.11 Å². The Morgan fingerprint density at radius 3 is 2.64 bits per heavy atom. The first-order valence-electron chi connectivity index (χ1n) is 9.02. The monoisotopic (exact) mass is 400 g/mol. The SMILES string of the molecule is C/C(=C\c1cc(C)c(-c2ccc3c(c2)CCN3)cc1C)C(=O)NCC(=O)O.Cl. The molecule has 0 bridgehead atoms. The summed E-state index contributed by atoms with van der Waals surface area (Å²) in [6, 6.07) is 10.7. The number of hydrogen-bond donors (Lipinski definition) is 3. The fourth-order valence-electron chi connectivity index (χ4n) is 3.37. The Labute approximate surface area is 171 Å². The quantitative estimate of drug-likeness (QED) is 0.664. The second-order valence-corrected chi connectivity index (χ2v) is 6.98. The van der Waals surface area contributed by atoms with E-state index >= 15 is 0 Å². The van der Waals surface area contributed by atoms with Gasteiger partial charge in [-0.2, -0.15) is 0 Å². The van der Waals surface area contributed by atoms with Gasteiger partial charge in [0, 0.05) is 17.8 Å². The van der Waals surface area contributed by atoms with Gasteiger partial charge in [-0.25, -0.2) is 0 Å². The van der Waals surface area contributed by atoms with Gasteiger partial charge in [-0.3, -0.25) is 9.59 Å². The number of aryl methyl sites for hydroxylation is 2. The zero-order valence-electron chi connectivity index (χ0n) is 16.3. The number of rotatable bonds is 5. The summed E-state index contributed by atoms with van der Waals surface area (Å²) in [6.07, 6.45) is 2.85. The molecule has 3 rings (SSSR count). The van der Waals surface area contributed by atoms with E-state index in [2.05, 4.69) is 47.9 Å². The average Bonchev–Trinajstić information content (AvgIpc) is 3.09. The molecule has 1 aliphatic rings. The first-order valence-corrected chi connectivity index (χ1v) is 9.02. The Hall–Kier alpha value is -2.79. The van der Waals surface area contributed by atoms with E-state index in [0.29, 0.717) is 5.57 Å². The van der Waals surface area contributed by atoms with Gasteiger partial charge in [0.2, 0.25) is 5.91 Å². The van der Waals surface area contributed by atoms with Crippen molar-refractivity contribution in [2.75, 3.05) is 18.4 Å². The lowest BCUT2D eigenvalue weighted by atomic mass is 9.93. The Balaban J connectivity index is 0.00000280. The van der Waals surface area contributed by atoms with Crippen LogP contribution in [0.15, 0.2) is 35.9 Å². The molecular formula is C22H25ClN2O3. The van der Waals surface area contributed by atoms with Gasteiger partial charge in [-0.1, -0.05) is 18.2 Å². The number of hydrogen-bond acceptors (Lipinski definition) is 3. The molecule has 0 saturated carbocycles. The van der Waals surface area contributed by atoms with Gasteiger partial charge in [0.1, 0.15) is 6.54 Å². The number of halogens is 1.